The van der Waals surface area contributed by atoms with Crippen molar-refractivity contribution in [2.75, 3.05) is 32.8 Å². The lowest BCUT2D eigenvalue weighted by atomic mass is 9.96. The average Bonchev–Trinajstić information content (AvgIpc) is 3.54. The number of hydrogen-bond acceptors (Lipinski definition) is 5. The molecule has 8 nitrogen and oxygen atoms in total. The molecule has 1 N–H and O–H groups in total. The number of nitrogens with one attached hydrogen (secondary N) is 1. The summed E-state index contributed by atoms with van der Waals surface area (Å²) in [6.45, 7) is 3.58. The van der Waals surface area contributed by atoms with Gasteiger partial charge in [0.1, 0.15) is 5.54 Å². The highest BCUT2D eigenvalue weighted by molar-refractivity contribution is 7.92. The number of rotatable bonds is 6. The number of amides is 3. The van der Waals surface area contributed by atoms with Crippen LogP contribution in [0.3, 0.4) is 0 Å². The van der Waals surface area contributed by atoms with E-state index >= 15 is 0 Å². The largest absolute Gasteiger partial charge is 0.326 e. The van der Waals surface area contributed by atoms with E-state index in [1.54, 1.807) is 13.0 Å². The Morgan fingerprint density at radius 3 is 2.38 bits per heavy atom. The zero-order valence-corrected chi connectivity index (χ0v) is 17.3. The Hall–Kier alpha value is -2.23. The van der Waals surface area contributed by atoms with Gasteiger partial charge in [-0.05, 0) is 37.3 Å². The molecular weight excluding hydrogens is 392 g/mol. The van der Waals surface area contributed by atoms with Gasteiger partial charge >= 0.3 is 6.03 Å². The standard InChI is InChI=1S/C20H26N4O4S/c1-20(17-7-8-17)18(25)24(19(26)21-20)15-22-10-12-23(13-11-22)29(27,28)14-9-16-5-3-2-4-6-16/h2-6,9,14,17H,7-8,10-13,15H2,1H3,(H,21,26)/b14-9+/t20-/m1/s1. The second kappa shape index (κ2) is 7.55. The molecule has 4 rings (SSSR count). The van der Waals surface area contributed by atoms with E-state index in [2.05, 4.69) is 5.32 Å². The van der Waals surface area contributed by atoms with Crippen LogP contribution in [-0.4, -0.2) is 72.8 Å². The Morgan fingerprint density at radius 2 is 1.76 bits per heavy atom. The summed E-state index contributed by atoms with van der Waals surface area (Å²) in [5, 5.41) is 4.07. The number of carbonyl (C=O) groups is 2. The number of hydrogen-bond donors (Lipinski definition) is 1. The Labute approximate surface area is 171 Å². The van der Waals surface area contributed by atoms with Gasteiger partial charge in [-0.1, -0.05) is 30.3 Å². The zero-order valence-electron chi connectivity index (χ0n) is 16.5. The Balaban J connectivity index is 1.33. The second-order valence-electron chi connectivity index (χ2n) is 8.06. The monoisotopic (exact) mass is 418 g/mol. The first-order valence-electron chi connectivity index (χ1n) is 9.89. The Morgan fingerprint density at radius 1 is 1.10 bits per heavy atom. The first-order chi connectivity index (χ1) is 13.8. The van der Waals surface area contributed by atoms with E-state index in [1.165, 1.54) is 14.6 Å². The lowest BCUT2D eigenvalue weighted by Gasteiger charge is -2.34. The van der Waals surface area contributed by atoms with E-state index in [0.29, 0.717) is 26.2 Å². The lowest BCUT2D eigenvalue weighted by molar-refractivity contribution is -0.133. The number of sulfonamides is 1. The van der Waals surface area contributed by atoms with E-state index in [0.717, 1.165) is 18.4 Å². The molecule has 0 unspecified atom stereocenters. The van der Waals surface area contributed by atoms with Crippen molar-refractivity contribution in [2.24, 2.45) is 5.92 Å². The molecule has 2 aliphatic heterocycles. The van der Waals surface area contributed by atoms with Crippen LogP contribution in [0.25, 0.3) is 6.08 Å². The van der Waals surface area contributed by atoms with Crippen molar-refractivity contribution in [3.05, 3.63) is 41.3 Å². The molecule has 3 amide bonds. The van der Waals surface area contributed by atoms with Gasteiger partial charge in [-0.25, -0.2) is 18.1 Å². The third kappa shape index (κ3) is 4.08. The van der Waals surface area contributed by atoms with Crippen molar-refractivity contribution >= 4 is 28.0 Å². The molecular formula is C20H26N4O4S. The number of urea groups is 1. The van der Waals surface area contributed by atoms with E-state index in [-0.39, 0.29) is 24.5 Å². The molecule has 0 radical (unpaired) electrons. The van der Waals surface area contributed by atoms with Crippen LogP contribution in [-0.2, 0) is 14.8 Å². The van der Waals surface area contributed by atoms with Crippen LogP contribution in [0.1, 0.15) is 25.3 Å². The summed E-state index contributed by atoms with van der Waals surface area (Å²) in [6.07, 6.45) is 3.51. The summed E-state index contributed by atoms with van der Waals surface area (Å²) >= 11 is 0. The van der Waals surface area contributed by atoms with Crippen molar-refractivity contribution in [2.45, 2.75) is 25.3 Å². The number of imide groups is 1. The van der Waals surface area contributed by atoms with Crippen molar-refractivity contribution in [1.82, 2.24) is 19.4 Å². The lowest BCUT2D eigenvalue weighted by Crippen LogP contribution is -2.52. The van der Waals surface area contributed by atoms with Crippen molar-refractivity contribution < 1.29 is 18.0 Å². The zero-order chi connectivity index (χ0) is 20.6. The van der Waals surface area contributed by atoms with Crippen molar-refractivity contribution in [1.29, 1.82) is 0 Å². The molecule has 156 valence electrons. The van der Waals surface area contributed by atoms with Gasteiger partial charge in [0, 0.05) is 31.6 Å². The van der Waals surface area contributed by atoms with E-state index in [1.807, 2.05) is 35.2 Å². The van der Waals surface area contributed by atoms with Crippen LogP contribution >= 0.6 is 0 Å². The number of piperazine rings is 1. The maximum atomic E-state index is 12.7. The number of nitrogens with zero attached hydrogens (tertiary/aromatic N) is 3. The van der Waals surface area contributed by atoms with Crippen LogP contribution in [0, 0.1) is 5.92 Å². The topological polar surface area (TPSA) is 90.0 Å². The quantitative estimate of drug-likeness (QED) is 0.703. The molecule has 1 aliphatic carbocycles. The van der Waals surface area contributed by atoms with Crippen LogP contribution in [0.15, 0.2) is 35.7 Å². The fourth-order valence-corrected chi connectivity index (χ4v) is 5.10. The summed E-state index contributed by atoms with van der Waals surface area (Å²) in [4.78, 5) is 28.2. The van der Waals surface area contributed by atoms with Crippen molar-refractivity contribution in [3.63, 3.8) is 0 Å². The second-order valence-corrected chi connectivity index (χ2v) is 9.88. The van der Waals surface area contributed by atoms with Gasteiger partial charge in [0.15, 0.2) is 0 Å². The van der Waals surface area contributed by atoms with E-state index in [4.69, 9.17) is 0 Å². The maximum absolute atomic E-state index is 12.7. The fourth-order valence-electron chi connectivity index (χ4n) is 3.92. The molecule has 3 aliphatic rings. The van der Waals surface area contributed by atoms with Gasteiger partial charge in [-0.2, -0.15) is 4.31 Å². The van der Waals surface area contributed by atoms with Crippen LogP contribution in [0.5, 0.6) is 0 Å². The predicted molar refractivity (Wildman–Crippen MR) is 109 cm³/mol. The SMILES string of the molecule is C[C@]1(C2CC2)NC(=O)N(CN2CCN(S(=O)(=O)/C=C/c3ccccc3)CC2)C1=O. The molecule has 1 aromatic carbocycles. The molecule has 2 saturated heterocycles. The smallest absolute Gasteiger partial charge is 0.323 e. The van der Waals surface area contributed by atoms with E-state index in [9.17, 15) is 18.0 Å². The molecule has 1 saturated carbocycles. The van der Waals surface area contributed by atoms with Crippen LogP contribution < -0.4 is 5.32 Å². The predicted octanol–water partition coefficient (Wildman–Crippen LogP) is 1.28. The van der Waals surface area contributed by atoms with Crippen molar-refractivity contribution in [3.8, 4) is 0 Å². The Kier molecular flexibility index (Phi) is 5.22. The maximum Gasteiger partial charge on any atom is 0.326 e. The summed E-state index contributed by atoms with van der Waals surface area (Å²) in [5.74, 6) is 0.0492. The molecule has 1 aromatic rings. The minimum Gasteiger partial charge on any atom is -0.323 e. The van der Waals surface area contributed by atoms with Gasteiger partial charge in [0.25, 0.3) is 5.91 Å². The normalized spacial score (nSPS) is 27.0. The number of carbonyl (C=O) groups excluding carboxylic acids is 2. The minimum atomic E-state index is -3.51. The summed E-state index contributed by atoms with van der Waals surface area (Å²) in [6, 6.07) is 8.92. The molecule has 9 heteroatoms. The Bertz CT molecular complexity index is 921. The molecule has 0 aromatic heterocycles. The third-order valence-electron chi connectivity index (χ3n) is 5.96. The van der Waals surface area contributed by atoms with Gasteiger partial charge in [0.2, 0.25) is 10.0 Å². The van der Waals surface area contributed by atoms with Gasteiger partial charge in [-0.3, -0.25) is 9.69 Å². The first kappa shape index (κ1) is 20.1. The summed E-state index contributed by atoms with van der Waals surface area (Å²) < 4.78 is 26.6. The highest BCUT2D eigenvalue weighted by Gasteiger charge is 2.56. The summed E-state index contributed by atoms with van der Waals surface area (Å²) in [5.41, 5.74) is 0.0387. The molecule has 0 spiro atoms. The molecule has 2 heterocycles. The van der Waals surface area contributed by atoms with Gasteiger partial charge in [0.05, 0.1) is 6.67 Å². The third-order valence-corrected chi connectivity index (χ3v) is 7.52. The van der Waals surface area contributed by atoms with Gasteiger partial charge in [-0.15, -0.1) is 0 Å². The van der Waals surface area contributed by atoms with Crippen LogP contribution in [0.2, 0.25) is 0 Å². The average molecular weight is 419 g/mol. The minimum absolute atomic E-state index is 0.175. The molecule has 1 atom stereocenters. The fraction of sp³-hybridized carbons (Fsp3) is 0.500. The first-order valence-corrected chi connectivity index (χ1v) is 11.4. The summed E-state index contributed by atoms with van der Waals surface area (Å²) in [7, 11) is -3.51. The number of benzene rings is 1. The molecule has 0 bridgehead atoms. The molecule has 29 heavy (non-hydrogen) atoms. The highest BCUT2D eigenvalue weighted by Crippen LogP contribution is 2.42. The van der Waals surface area contributed by atoms with E-state index < -0.39 is 15.6 Å². The highest BCUT2D eigenvalue weighted by atomic mass is 32.2. The molecule has 3 fully saturated rings. The van der Waals surface area contributed by atoms with Gasteiger partial charge < -0.3 is 5.32 Å². The van der Waals surface area contributed by atoms with Crippen LogP contribution in [0.4, 0.5) is 4.79 Å².